The summed E-state index contributed by atoms with van der Waals surface area (Å²) in [6, 6.07) is 16.2. The van der Waals surface area contributed by atoms with Crippen LogP contribution in [0.25, 0.3) is 21.9 Å². The van der Waals surface area contributed by atoms with Crippen LogP contribution in [0, 0.1) is 5.92 Å². The van der Waals surface area contributed by atoms with Crippen LogP contribution in [0.2, 0.25) is 0 Å². The van der Waals surface area contributed by atoms with Gasteiger partial charge < -0.3 is 13.6 Å². The summed E-state index contributed by atoms with van der Waals surface area (Å²) in [5.74, 6) is -1.35. The van der Waals surface area contributed by atoms with E-state index in [2.05, 4.69) is 0 Å². The maximum absolute atomic E-state index is 13.3. The summed E-state index contributed by atoms with van der Waals surface area (Å²) in [6.45, 7) is 1.90. The van der Waals surface area contributed by atoms with Crippen molar-refractivity contribution >= 4 is 27.9 Å². The number of hydrogen-bond donors (Lipinski definition) is 0. The maximum Gasteiger partial charge on any atom is 0.336 e. The molecule has 0 aliphatic carbocycles. The molecule has 8 heteroatoms. The summed E-state index contributed by atoms with van der Waals surface area (Å²) >= 11 is 0. The second-order valence-electron chi connectivity index (χ2n) is 7.83. The lowest BCUT2D eigenvalue weighted by Gasteiger charge is -2.23. The van der Waals surface area contributed by atoms with Crippen LogP contribution >= 0.6 is 0 Å². The van der Waals surface area contributed by atoms with Crippen molar-refractivity contribution in [3.05, 3.63) is 92.6 Å². The fourth-order valence-corrected chi connectivity index (χ4v) is 4.59. The molecule has 5 rings (SSSR count). The Kier molecular flexibility index (Phi) is 5.32. The SMILES string of the molecule is CCOC(=O)C1C(c2cc(=O)oc3ccccc23)ON(C)C1c1cc(=O)oc2ccccc12. The monoisotopic (exact) mass is 447 g/mol. The van der Waals surface area contributed by atoms with Gasteiger partial charge >= 0.3 is 17.2 Å². The summed E-state index contributed by atoms with van der Waals surface area (Å²) in [6.07, 6.45) is -0.834. The average molecular weight is 447 g/mol. The van der Waals surface area contributed by atoms with Gasteiger partial charge in [0, 0.05) is 35.5 Å². The molecule has 2 aromatic carbocycles. The van der Waals surface area contributed by atoms with Gasteiger partial charge in [0.2, 0.25) is 0 Å². The van der Waals surface area contributed by atoms with E-state index < -0.39 is 35.3 Å². The van der Waals surface area contributed by atoms with Crippen molar-refractivity contribution in [2.45, 2.75) is 19.1 Å². The fourth-order valence-electron chi connectivity index (χ4n) is 4.59. The van der Waals surface area contributed by atoms with E-state index in [1.165, 1.54) is 17.2 Å². The standard InChI is InChI=1S/C25H21NO7/c1-3-30-25(29)22-23(16-12-20(27)31-18-10-6-4-8-14(16)18)26(2)33-24(22)17-13-21(28)32-19-11-7-5-9-15(17)19/h4-13,22-24H,3H2,1-2H3. The van der Waals surface area contributed by atoms with Gasteiger partial charge in [0.05, 0.1) is 12.6 Å². The molecule has 1 fully saturated rings. The number of carbonyl (C=O) groups excluding carboxylic acids is 1. The number of benzene rings is 2. The van der Waals surface area contributed by atoms with Crippen molar-refractivity contribution < 1.29 is 23.2 Å². The number of nitrogens with zero attached hydrogens (tertiary/aromatic N) is 1. The predicted molar refractivity (Wildman–Crippen MR) is 119 cm³/mol. The zero-order valence-electron chi connectivity index (χ0n) is 18.0. The molecular weight excluding hydrogens is 426 g/mol. The Hall–Kier alpha value is -3.75. The predicted octanol–water partition coefficient (Wildman–Crippen LogP) is 3.74. The van der Waals surface area contributed by atoms with Crippen LogP contribution in [0.3, 0.4) is 0 Å². The lowest BCUT2D eigenvalue weighted by molar-refractivity contribution is -0.154. The minimum atomic E-state index is -0.856. The van der Waals surface area contributed by atoms with Crippen molar-refractivity contribution in [2.75, 3.05) is 13.7 Å². The van der Waals surface area contributed by atoms with E-state index in [1.807, 2.05) is 18.2 Å². The third kappa shape index (κ3) is 3.63. The molecule has 0 radical (unpaired) electrons. The van der Waals surface area contributed by atoms with Crippen molar-refractivity contribution in [3.63, 3.8) is 0 Å². The Balaban J connectivity index is 1.73. The van der Waals surface area contributed by atoms with E-state index in [4.69, 9.17) is 18.4 Å². The van der Waals surface area contributed by atoms with Gasteiger partial charge in [-0.25, -0.2) is 9.59 Å². The molecule has 3 heterocycles. The normalized spacial score (nSPS) is 21.0. The number of carbonyl (C=O) groups is 1. The first-order chi connectivity index (χ1) is 16.0. The van der Waals surface area contributed by atoms with Gasteiger partial charge in [-0.05, 0) is 24.6 Å². The Morgan fingerprint density at radius 2 is 1.45 bits per heavy atom. The van der Waals surface area contributed by atoms with Crippen LogP contribution in [0.5, 0.6) is 0 Å². The van der Waals surface area contributed by atoms with Gasteiger partial charge in [0.25, 0.3) is 0 Å². The highest BCUT2D eigenvalue weighted by Crippen LogP contribution is 2.48. The molecule has 33 heavy (non-hydrogen) atoms. The van der Waals surface area contributed by atoms with E-state index in [0.29, 0.717) is 33.1 Å². The zero-order chi connectivity index (χ0) is 23.1. The lowest BCUT2D eigenvalue weighted by atomic mass is 9.85. The van der Waals surface area contributed by atoms with Crippen LogP contribution in [0.15, 0.2) is 79.1 Å². The highest BCUT2D eigenvalue weighted by Gasteiger charge is 2.49. The third-order valence-corrected chi connectivity index (χ3v) is 5.89. The number of para-hydroxylation sites is 2. The van der Waals surface area contributed by atoms with Gasteiger partial charge in [0.1, 0.15) is 23.2 Å². The highest BCUT2D eigenvalue weighted by molar-refractivity contribution is 5.85. The van der Waals surface area contributed by atoms with Crippen molar-refractivity contribution in [1.29, 1.82) is 0 Å². The van der Waals surface area contributed by atoms with Gasteiger partial charge in [-0.15, -0.1) is 0 Å². The highest BCUT2D eigenvalue weighted by atomic mass is 16.7. The largest absolute Gasteiger partial charge is 0.466 e. The van der Waals surface area contributed by atoms with Crippen molar-refractivity contribution in [2.24, 2.45) is 5.92 Å². The van der Waals surface area contributed by atoms with E-state index in [0.717, 1.165) is 0 Å². The molecule has 1 aliphatic rings. The summed E-state index contributed by atoms with van der Waals surface area (Å²) in [4.78, 5) is 44.1. The topological polar surface area (TPSA) is 99.2 Å². The van der Waals surface area contributed by atoms with Crippen molar-refractivity contribution in [3.8, 4) is 0 Å². The number of esters is 1. The minimum Gasteiger partial charge on any atom is -0.466 e. The summed E-state index contributed by atoms with van der Waals surface area (Å²) < 4.78 is 16.1. The van der Waals surface area contributed by atoms with Gasteiger partial charge in [0.15, 0.2) is 0 Å². The molecule has 0 spiro atoms. The van der Waals surface area contributed by atoms with E-state index in [1.54, 1.807) is 44.3 Å². The smallest absolute Gasteiger partial charge is 0.336 e. The quantitative estimate of drug-likeness (QED) is 0.345. The lowest BCUT2D eigenvalue weighted by Crippen LogP contribution is -2.29. The molecule has 0 N–H and O–H groups in total. The minimum absolute atomic E-state index is 0.174. The van der Waals surface area contributed by atoms with Crippen LogP contribution in [-0.4, -0.2) is 24.7 Å². The molecule has 1 saturated heterocycles. The van der Waals surface area contributed by atoms with E-state index in [9.17, 15) is 14.4 Å². The first-order valence-corrected chi connectivity index (χ1v) is 10.6. The Morgan fingerprint density at radius 1 is 0.909 bits per heavy atom. The number of hydroxylamine groups is 2. The number of fused-ring (bicyclic) bond motifs is 2. The summed E-state index contributed by atoms with van der Waals surface area (Å²) in [5, 5.41) is 2.88. The Labute approximate surface area is 187 Å². The number of rotatable bonds is 4. The van der Waals surface area contributed by atoms with Crippen molar-refractivity contribution in [1.82, 2.24) is 5.06 Å². The van der Waals surface area contributed by atoms with E-state index in [-0.39, 0.29) is 6.61 Å². The molecule has 3 unspecified atom stereocenters. The van der Waals surface area contributed by atoms with Gasteiger partial charge in [-0.1, -0.05) is 36.4 Å². The van der Waals surface area contributed by atoms with Crippen LogP contribution in [0.1, 0.15) is 30.2 Å². The summed E-state index contributed by atoms with van der Waals surface area (Å²) in [7, 11) is 1.69. The summed E-state index contributed by atoms with van der Waals surface area (Å²) in [5.41, 5.74) is 0.813. The van der Waals surface area contributed by atoms with Gasteiger partial charge in [-0.3, -0.25) is 9.63 Å². The Morgan fingerprint density at radius 3 is 2.06 bits per heavy atom. The molecule has 168 valence electrons. The second-order valence-corrected chi connectivity index (χ2v) is 7.83. The molecule has 8 nitrogen and oxygen atoms in total. The zero-order valence-corrected chi connectivity index (χ0v) is 18.0. The van der Waals surface area contributed by atoms with E-state index >= 15 is 0 Å². The molecule has 0 saturated carbocycles. The fraction of sp³-hybridized carbons (Fsp3) is 0.240. The van der Waals surface area contributed by atoms with Crippen LogP contribution in [-0.2, 0) is 14.4 Å². The third-order valence-electron chi connectivity index (χ3n) is 5.89. The maximum atomic E-state index is 13.3. The Bertz CT molecular complexity index is 1470. The number of hydrogen-bond acceptors (Lipinski definition) is 8. The molecular formula is C25H21NO7. The molecule has 2 aromatic heterocycles. The second kappa shape index (κ2) is 8.31. The number of ether oxygens (including phenoxy) is 1. The molecule has 0 amide bonds. The van der Waals surface area contributed by atoms with Crippen LogP contribution in [0.4, 0.5) is 0 Å². The van der Waals surface area contributed by atoms with Crippen LogP contribution < -0.4 is 11.3 Å². The molecule has 1 aliphatic heterocycles. The molecule has 3 atom stereocenters. The first-order valence-electron chi connectivity index (χ1n) is 10.6. The van der Waals surface area contributed by atoms with Gasteiger partial charge in [-0.2, -0.15) is 5.06 Å². The molecule has 0 bridgehead atoms. The average Bonchev–Trinajstić information content (AvgIpc) is 3.14. The first kappa shape index (κ1) is 21.1. The molecule has 4 aromatic rings.